The average Bonchev–Trinajstić information content (AvgIpc) is 2.87. The Morgan fingerprint density at radius 2 is 2.14 bits per heavy atom. The molecule has 1 aliphatic rings. The molecule has 0 bridgehead atoms. The molecule has 3 rings (SSSR count). The zero-order valence-electron chi connectivity index (χ0n) is 12.5. The third-order valence-electron chi connectivity index (χ3n) is 3.80. The molecule has 110 valence electrons. The molecular formula is C17H20FN3. The van der Waals surface area contributed by atoms with Gasteiger partial charge in [0.05, 0.1) is 0 Å². The molecule has 0 aliphatic carbocycles. The Morgan fingerprint density at radius 1 is 1.29 bits per heavy atom. The van der Waals surface area contributed by atoms with E-state index in [0.29, 0.717) is 0 Å². The molecule has 2 aromatic rings. The fraction of sp³-hybridized carbons (Fsp3) is 0.353. The summed E-state index contributed by atoms with van der Waals surface area (Å²) in [6, 6.07) is 9.20. The number of anilines is 2. The van der Waals surface area contributed by atoms with Gasteiger partial charge in [-0.05, 0) is 55.3 Å². The van der Waals surface area contributed by atoms with Crippen molar-refractivity contribution in [1.29, 1.82) is 0 Å². The number of hydrogen-bond acceptors (Lipinski definition) is 3. The van der Waals surface area contributed by atoms with Gasteiger partial charge in [-0.3, -0.25) is 0 Å². The lowest BCUT2D eigenvalue weighted by atomic mass is 10.1. The summed E-state index contributed by atoms with van der Waals surface area (Å²) in [7, 11) is 0. The van der Waals surface area contributed by atoms with Crippen LogP contribution in [0.25, 0.3) is 0 Å². The maximum Gasteiger partial charge on any atom is 0.133 e. The first-order chi connectivity index (χ1) is 10.2. The molecule has 0 saturated heterocycles. The SMILES string of the molecule is CCNCc1cc(C)nc(N2CCc3ccc(F)cc32)c1. The fourth-order valence-corrected chi connectivity index (χ4v) is 2.82. The van der Waals surface area contributed by atoms with E-state index in [1.54, 1.807) is 6.07 Å². The van der Waals surface area contributed by atoms with Crippen molar-refractivity contribution in [2.24, 2.45) is 0 Å². The number of nitrogens with one attached hydrogen (secondary N) is 1. The van der Waals surface area contributed by atoms with Crippen LogP contribution in [0.3, 0.4) is 0 Å². The Labute approximate surface area is 124 Å². The second-order valence-electron chi connectivity index (χ2n) is 5.43. The highest BCUT2D eigenvalue weighted by Gasteiger charge is 2.22. The summed E-state index contributed by atoms with van der Waals surface area (Å²) in [6.07, 6.45) is 0.938. The van der Waals surface area contributed by atoms with E-state index < -0.39 is 0 Å². The van der Waals surface area contributed by atoms with E-state index in [1.807, 2.05) is 13.0 Å². The Kier molecular flexibility index (Phi) is 3.88. The molecule has 0 unspecified atom stereocenters. The van der Waals surface area contributed by atoms with Gasteiger partial charge in [0, 0.05) is 24.5 Å². The number of nitrogens with zero attached hydrogens (tertiary/aromatic N) is 2. The third kappa shape index (κ3) is 2.90. The van der Waals surface area contributed by atoms with Crippen molar-refractivity contribution in [1.82, 2.24) is 10.3 Å². The van der Waals surface area contributed by atoms with Gasteiger partial charge < -0.3 is 10.2 Å². The molecule has 0 fully saturated rings. The van der Waals surface area contributed by atoms with Crippen LogP contribution in [-0.4, -0.2) is 18.1 Å². The monoisotopic (exact) mass is 285 g/mol. The summed E-state index contributed by atoms with van der Waals surface area (Å²) in [4.78, 5) is 6.74. The predicted molar refractivity (Wildman–Crippen MR) is 83.5 cm³/mol. The van der Waals surface area contributed by atoms with Crippen LogP contribution in [0.5, 0.6) is 0 Å². The van der Waals surface area contributed by atoms with Crippen molar-refractivity contribution in [2.75, 3.05) is 18.0 Å². The Balaban J connectivity index is 1.95. The van der Waals surface area contributed by atoms with Crippen molar-refractivity contribution in [2.45, 2.75) is 26.8 Å². The van der Waals surface area contributed by atoms with Gasteiger partial charge in [-0.1, -0.05) is 13.0 Å². The van der Waals surface area contributed by atoms with Gasteiger partial charge in [0.15, 0.2) is 0 Å². The quantitative estimate of drug-likeness (QED) is 0.934. The van der Waals surface area contributed by atoms with E-state index in [2.05, 4.69) is 34.3 Å². The molecule has 1 aromatic carbocycles. The number of pyridine rings is 1. The first-order valence-electron chi connectivity index (χ1n) is 7.41. The van der Waals surface area contributed by atoms with Crippen LogP contribution >= 0.6 is 0 Å². The van der Waals surface area contributed by atoms with Gasteiger partial charge in [0.1, 0.15) is 11.6 Å². The highest BCUT2D eigenvalue weighted by atomic mass is 19.1. The van der Waals surface area contributed by atoms with E-state index in [1.165, 1.54) is 17.2 Å². The minimum atomic E-state index is -0.193. The van der Waals surface area contributed by atoms with E-state index in [0.717, 1.165) is 43.3 Å². The molecular weight excluding hydrogens is 265 g/mol. The highest BCUT2D eigenvalue weighted by molar-refractivity contribution is 5.68. The van der Waals surface area contributed by atoms with Gasteiger partial charge in [-0.2, -0.15) is 0 Å². The van der Waals surface area contributed by atoms with E-state index >= 15 is 0 Å². The molecule has 1 N–H and O–H groups in total. The second kappa shape index (κ2) is 5.82. The molecule has 0 spiro atoms. The number of aryl methyl sites for hydroxylation is 1. The fourth-order valence-electron chi connectivity index (χ4n) is 2.82. The van der Waals surface area contributed by atoms with Crippen molar-refractivity contribution in [3.63, 3.8) is 0 Å². The summed E-state index contributed by atoms with van der Waals surface area (Å²) < 4.78 is 13.5. The number of hydrogen-bond donors (Lipinski definition) is 1. The smallest absolute Gasteiger partial charge is 0.133 e. The topological polar surface area (TPSA) is 28.2 Å². The normalized spacial score (nSPS) is 13.6. The van der Waals surface area contributed by atoms with Crippen LogP contribution in [-0.2, 0) is 13.0 Å². The third-order valence-corrected chi connectivity index (χ3v) is 3.80. The van der Waals surface area contributed by atoms with Crippen molar-refractivity contribution in [3.05, 3.63) is 53.0 Å². The minimum Gasteiger partial charge on any atom is -0.326 e. The van der Waals surface area contributed by atoms with E-state index in [9.17, 15) is 4.39 Å². The van der Waals surface area contributed by atoms with Crippen LogP contribution in [0.1, 0.15) is 23.7 Å². The minimum absolute atomic E-state index is 0.193. The molecule has 1 aromatic heterocycles. The van der Waals surface area contributed by atoms with Crippen LogP contribution in [0.4, 0.5) is 15.9 Å². The van der Waals surface area contributed by atoms with Crippen molar-refractivity contribution >= 4 is 11.5 Å². The van der Waals surface area contributed by atoms with Gasteiger partial charge in [-0.15, -0.1) is 0 Å². The molecule has 4 heteroatoms. The molecule has 3 nitrogen and oxygen atoms in total. The number of fused-ring (bicyclic) bond motifs is 1. The number of halogens is 1. The first kappa shape index (κ1) is 14.0. The zero-order chi connectivity index (χ0) is 14.8. The predicted octanol–water partition coefficient (Wildman–Crippen LogP) is 3.33. The van der Waals surface area contributed by atoms with Gasteiger partial charge in [0.2, 0.25) is 0 Å². The molecule has 0 atom stereocenters. The van der Waals surface area contributed by atoms with E-state index in [-0.39, 0.29) is 5.82 Å². The molecule has 0 saturated carbocycles. The first-order valence-corrected chi connectivity index (χ1v) is 7.41. The van der Waals surface area contributed by atoms with Crippen LogP contribution in [0.2, 0.25) is 0 Å². The molecule has 1 aliphatic heterocycles. The maximum atomic E-state index is 13.5. The van der Waals surface area contributed by atoms with Crippen molar-refractivity contribution in [3.8, 4) is 0 Å². The highest BCUT2D eigenvalue weighted by Crippen LogP contribution is 2.34. The molecule has 2 heterocycles. The van der Waals surface area contributed by atoms with Crippen LogP contribution < -0.4 is 10.2 Å². The average molecular weight is 285 g/mol. The largest absolute Gasteiger partial charge is 0.326 e. The number of benzene rings is 1. The van der Waals surface area contributed by atoms with Crippen molar-refractivity contribution < 1.29 is 4.39 Å². The lowest BCUT2D eigenvalue weighted by molar-refractivity contribution is 0.628. The second-order valence-corrected chi connectivity index (χ2v) is 5.43. The zero-order valence-corrected chi connectivity index (χ0v) is 12.5. The van der Waals surface area contributed by atoms with Gasteiger partial charge in [-0.25, -0.2) is 9.37 Å². The Hall–Kier alpha value is -1.94. The maximum absolute atomic E-state index is 13.5. The lowest BCUT2D eigenvalue weighted by Crippen LogP contribution is -2.17. The standard InChI is InChI=1S/C17H20FN3/c1-3-19-11-13-8-12(2)20-17(9-13)21-7-6-14-4-5-15(18)10-16(14)21/h4-5,8-10,19H,3,6-7,11H2,1-2H3. The summed E-state index contributed by atoms with van der Waals surface area (Å²) in [5, 5.41) is 3.33. The molecule has 0 radical (unpaired) electrons. The summed E-state index contributed by atoms with van der Waals surface area (Å²) >= 11 is 0. The van der Waals surface area contributed by atoms with Gasteiger partial charge in [0.25, 0.3) is 0 Å². The lowest BCUT2D eigenvalue weighted by Gasteiger charge is -2.20. The number of rotatable bonds is 4. The van der Waals surface area contributed by atoms with Crippen LogP contribution in [0, 0.1) is 12.7 Å². The summed E-state index contributed by atoms with van der Waals surface area (Å²) in [5.41, 5.74) is 4.34. The number of aromatic nitrogens is 1. The van der Waals surface area contributed by atoms with Crippen LogP contribution in [0.15, 0.2) is 30.3 Å². The summed E-state index contributed by atoms with van der Waals surface area (Å²) in [6.45, 7) is 6.72. The molecule has 21 heavy (non-hydrogen) atoms. The summed E-state index contributed by atoms with van der Waals surface area (Å²) in [5.74, 6) is 0.716. The molecule has 0 amide bonds. The Morgan fingerprint density at radius 3 is 2.95 bits per heavy atom. The Bertz CT molecular complexity index is 654. The van der Waals surface area contributed by atoms with Gasteiger partial charge >= 0.3 is 0 Å². The van der Waals surface area contributed by atoms with E-state index in [4.69, 9.17) is 0 Å².